The van der Waals surface area contributed by atoms with Crippen molar-refractivity contribution in [3.63, 3.8) is 0 Å². The van der Waals surface area contributed by atoms with Crippen LogP contribution in [-0.2, 0) is 0 Å². The fourth-order valence-corrected chi connectivity index (χ4v) is 1.64. The van der Waals surface area contributed by atoms with E-state index in [0.29, 0.717) is 11.4 Å². The van der Waals surface area contributed by atoms with Gasteiger partial charge in [0.1, 0.15) is 5.75 Å². The monoisotopic (exact) mass is 375 g/mol. The molecule has 26 heavy (non-hydrogen) atoms. The van der Waals surface area contributed by atoms with Gasteiger partial charge in [-0.1, -0.05) is 0 Å². The van der Waals surface area contributed by atoms with Crippen molar-refractivity contribution in [3.05, 3.63) is 48.5 Å². The first-order valence-electron chi connectivity index (χ1n) is 6.82. The predicted molar refractivity (Wildman–Crippen MR) is 80.3 cm³/mol. The van der Waals surface area contributed by atoms with Crippen LogP contribution < -0.4 is 10.1 Å². The summed E-state index contributed by atoms with van der Waals surface area (Å²) >= 11 is 0. The molecule has 0 aliphatic rings. The smallest absolute Gasteiger partial charge is 0.465 e. The summed E-state index contributed by atoms with van der Waals surface area (Å²) in [4.78, 5) is 10.5. The lowest BCUT2D eigenvalue weighted by molar-refractivity contribution is -0.360. The Kier molecular flexibility index (Phi) is 5.38. The summed E-state index contributed by atoms with van der Waals surface area (Å²) in [6, 6.07) is 9.91. The molecule has 2 aromatic carbocycles. The van der Waals surface area contributed by atoms with E-state index in [-0.39, 0.29) is 5.69 Å². The number of alkyl halides is 5. The zero-order chi connectivity index (χ0) is 19.4. The zero-order valence-electron chi connectivity index (χ0n) is 12.7. The van der Waals surface area contributed by atoms with Crippen LogP contribution in [0.2, 0.25) is 0 Å². The summed E-state index contributed by atoms with van der Waals surface area (Å²) in [5, 5.41) is 18.3. The summed E-state index contributed by atoms with van der Waals surface area (Å²) in [5.74, 6) is -0.685. The molecule has 0 fully saturated rings. The average Bonchev–Trinajstić information content (AvgIpc) is 2.54. The molecule has 1 amide bonds. The number of carboxylic acid groups (broad SMARTS) is 1. The molecule has 0 unspecified atom stereocenters. The highest BCUT2D eigenvalue weighted by molar-refractivity contribution is 5.82. The normalized spacial score (nSPS) is 12.2. The summed E-state index contributed by atoms with van der Waals surface area (Å²) in [6.45, 7) is 0. The fourth-order valence-electron chi connectivity index (χ4n) is 1.64. The van der Waals surface area contributed by atoms with Crippen LogP contribution in [0.1, 0.15) is 0 Å². The highest BCUT2D eigenvalue weighted by Gasteiger charge is 2.61. The van der Waals surface area contributed by atoms with Crippen LogP contribution in [0.4, 0.5) is 43.8 Å². The van der Waals surface area contributed by atoms with Crippen LogP contribution in [0.3, 0.4) is 0 Å². The Labute approximate surface area is 142 Å². The first-order valence-corrected chi connectivity index (χ1v) is 6.82. The number of azo groups is 1. The van der Waals surface area contributed by atoms with Crippen molar-refractivity contribution in [1.29, 1.82) is 0 Å². The summed E-state index contributed by atoms with van der Waals surface area (Å²) in [5.41, 5.74) is 0.869. The standard InChI is InChI=1S/C15H10F5N3O3/c16-14(17,18)15(19,20)26-12-7-5-11(6-8-12)23-22-10-3-1-9(2-4-10)21-13(24)25/h1-8,21H,(H,24,25). The third-order valence-electron chi connectivity index (χ3n) is 2.81. The Bertz CT molecular complexity index is 790. The summed E-state index contributed by atoms with van der Waals surface area (Å²) in [6.07, 6.45) is -12.4. The van der Waals surface area contributed by atoms with E-state index in [2.05, 4.69) is 20.3 Å². The van der Waals surface area contributed by atoms with Crippen LogP contribution in [0.25, 0.3) is 0 Å². The van der Waals surface area contributed by atoms with Gasteiger partial charge in [-0.25, -0.2) is 4.79 Å². The molecular formula is C15H10F5N3O3. The third-order valence-corrected chi connectivity index (χ3v) is 2.81. The molecule has 0 radical (unpaired) electrons. The van der Waals surface area contributed by atoms with Crippen LogP contribution in [0.15, 0.2) is 58.8 Å². The molecule has 0 aromatic heterocycles. The molecule has 0 bridgehead atoms. The molecule has 2 aromatic rings. The van der Waals surface area contributed by atoms with Gasteiger partial charge in [0.05, 0.1) is 11.4 Å². The maximum atomic E-state index is 12.8. The zero-order valence-corrected chi connectivity index (χ0v) is 12.7. The van der Waals surface area contributed by atoms with Gasteiger partial charge in [0.15, 0.2) is 0 Å². The number of halogens is 5. The lowest BCUT2D eigenvalue weighted by atomic mass is 10.3. The fraction of sp³-hybridized carbons (Fsp3) is 0.133. The number of ether oxygens (including phenoxy) is 1. The number of nitrogens with zero attached hydrogens (tertiary/aromatic N) is 2. The minimum atomic E-state index is -5.83. The van der Waals surface area contributed by atoms with Crippen molar-refractivity contribution in [1.82, 2.24) is 0 Å². The molecule has 6 nitrogen and oxygen atoms in total. The molecule has 138 valence electrons. The van der Waals surface area contributed by atoms with E-state index in [4.69, 9.17) is 5.11 Å². The van der Waals surface area contributed by atoms with E-state index >= 15 is 0 Å². The molecule has 0 heterocycles. The van der Waals surface area contributed by atoms with Gasteiger partial charge in [-0.15, -0.1) is 0 Å². The second kappa shape index (κ2) is 7.33. The molecule has 11 heteroatoms. The number of hydrogen-bond acceptors (Lipinski definition) is 4. The number of anilines is 1. The van der Waals surface area contributed by atoms with Crippen LogP contribution in [0, 0.1) is 0 Å². The second-order valence-electron chi connectivity index (χ2n) is 4.79. The van der Waals surface area contributed by atoms with E-state index in [9.17, 15) is 26.7 Å². The number of nitrogens with one attached hydrogen (secondary N) is 1. The number of rotatable bonds is 5. The molecular weight excluding hydrogens is 365 g/mol. The van der Waals surface area contributed by atoms with E-state index in [1.54, 1.807) is 0 Å². The minimum Gasteiger partial charge on any atom is -0.465 e. The Morgan fingerprint density at radius 3 is 1.77 bits per heavy atom. The summed E-state index contributed by atoms with van der Waals surface area (Å²) < 4.78 is 65.4. The topological polar surface area (TPSA) is 83.3 Å². The number of carbonyl (C=O) groups is 1. The largest absolute Gasteiger partial charge is 0.499 e. The van der Waals surface area contributed by atoms with Crippen molar-refractivity contribution in [3.8, 4) is 5.75 Å². The minimum absolute atomic E-state index is 0.181. The molecule has 0 aliphatic carbocycles. The summed E-state index contributed by atoms with van der Waals surface area (Å²) in [7, 11) is 0. The van der Waals surface area contributed by atoms with Crippen molar-refractivity contribution < 1.29 is 36.6 Å². The van der Waals surface area contributed by atoms with E-state index in [1.807, 2.05) is 0 Å². The Hall–Kier alpha value is -3.24. The van der Waals surface area contributed by atoms with Gasteiger partial charge >= 0.3 is 18.4 Å². The molecule has 2 N–H and O–H groups in total. The Morgan fingerprint density at radius 1 is 0.885 bits per heavy atom. The first-order chi connectivity index (χ1) is 12.1. The third kappa shape index (κ3) is 5.13. The quantitative estimate of drug-likeness (QED) is 0.517. The number of amides is 1. The van der Waals surface area contributed by atoms with Crippen LogP contribution in [0.5, 0.6) is 5.75 Å². The van der Waals surface area contributed by atoms with Gasteiger partial charge in [0, 0.05) is 5.69 Å². The van der Waals surface area contributed by atoms with Crippen molar-refractivity contribution >= 4 is 23.2 Å². The second-order valence-corrected chi connectivity index (χ2v) is 4.79. The lowest BCUT2D eigenvalue weighted by Crippen LogP contribution is -2.41. The van der Waals surface area contributed by atoms with Crippen LogP contribution >= 0.6 is 0 Å². The highest BCUT2D eigenvalue weighted by Crippen LogP contribution is 2.37. The Morgan fingerprint density at radius 2 is 1.35 bits per heavy atom. The molecule has 0 spiro atoms. The van der Waals surface area contributed by atoms with Crippen LogP contribution in [-0.4, -0.2) is 23.5 Å². The van der Waals surface area contributed by atoms with Gasteiger partial charge in [-0.05, 0) is 48.5 Å². The average molecular weight is 375 g/mol. The molecule has 2 rings (SSSR count). The molecule has 0 saturated carbocycles. The van der Waals surface area contributed by atoms with Gasteiger partial charge < -0.3 is 9.84 Å². The maximum absolute atomic E-state index is 12.8. The predicted octanol–water partition coefficient (Wildman–Crippen LogP) is 5.73. The molecule has 0 aliphatic heterocycles. The SMILES string of the molecule is O=C(O)Nc1ccc(N=Nc2ccc(OC(F)(F)C(F)(F)F)cc2)cc1. The highest BCUT2D eigenvalue weighted by atomic mass is 19.4. The molecule has 0 saturated heterocycles. The van der Waals surface area contributed by atoms with E-state index in [1.165, 1.54) is 24.3 Å². The lowest BCUT2D eigenvalue weighted by Gasteiger charge is -2.19. The maximum Gasteiger partial charge on any atom is 0.499 e. The Balaban J connectivity index is 2.02. The van der Waals surface area contributed by atoms with Gasteiger partial charge in [-0.3, -0.25) is 5.32 Å². The van der Waals surface area contributed by atoms with Gasteiger partial charge in [0.25, 0.3) is 0 Å². The first kappa shape index (κ1) is 19.1. The van der Waals surface area contributed by atoms with Gasteiger partial charge in [0.2, 0.25) is 0 Å². The van der Waals surface area contributed by atoms with Crippen molar-refractivity contribution in [2.45, 2.75) is 12.3 Å². The van der Waals surface area contributed by atoms with E-state index in [0.717, 1.165) is 24.3 Å². The number of benzene rings is 2. The molecule has 0 atom stereocenters. The van der Waals surface area contributed by atoms with Crippen molar-refractivity contribution in [2.75, 3.05) is 5.32 Å². The number of hydrogen-bond donors (Lipinski definition) is 2. The van der Waals surface area contributed by atoms with E-state index < -0.39 is 24.1 Å². The van der Waals surface area contributed by atoms with Crippen molar-refractivity contribution in [2.24, 2.45) is 10.2 Å². The van der Waals surface area contributed by atoms with Gasteiger partial charge in [-0.2, -0.15) is 32.2 Å².